The second-order valence-corrected chi connectivity index (χ2v) is 11.9. The van der Waals surface area contributed by atoms with E-state index >= 15 is 0 Å². The molecule has 0 saturated carbocycles. The summed E-state index contributed by atoms with van der Waals surface area (Å²) < 4.78 is 6.38. The van der Waals surface area contributed by atoms with E-state index in [9.17, 15) is 0 Å². The number of fused-ring (bicyclic) bond motifs is 6. The summed E-state index contributed by atoms with van der Waals surface area (Å²) >= 11 is 0. The van der Waals surface area contributed by atoms with Crippen LogP contribution in [0.1, 0.15) is 16.7 Å². The maximum Gasteiger partial charge on any atom is 0.157 e. The molecule has 0 bridgehead atoms. The topological polar surface area (TPSA) is 63.9 Å². The molecule has 8 aromatic rings. The molecule has 47 heavy (non-hydrogen) atoms. The van der Waals surface area contributed by atoms with Crippen molar-refractivity contribution in [1.82, 2.24) is 0 Å². The standard InChI is InChI=1S/C43H29N3O/c44-42(27-11-3-1-4-12-27)46-43(28-13-5-2-6-14-28)45-26-30-15-9-20-39-40(30)37-25-29(21-24-38(37)47-39)31-22-23-36-33-17-8-7-16-32(33)35-19-10-18-34(31)41(35)36/h1-25H,26H2,(H2,44,45,46). The molecule has 1 heterocycles. The number of amidine groups is 2. The molecule has 4 nitrogen and oxygen atoms in total. The highest BCUT2D eigenvalue weighted by molar-refractivity contribution is 6.19. The Balaban J connectivity index is 1.16. The van der Waals surface area contributed by atoms with Crippen LogP contribution >= 0.6 is 0 Å². The molecule has 1 aliphatic carbocycles. The maximum atomic E-state index is 6.46. The van der Waals surface area contributed by atoms with Crippen LogP contribution in [-0.4, -0.2) is 11.7 Å². The molecule has 0 saturated heterocycles. The average molecular weight is 604 g/mol. The van der Waals surface area contributed by atoms with Crippen LogP contribution < -0.4 is 5.73 Å². The molecule has 0 atom stereocenters. The second-order valence-electron chi connectivity index (χ2n) is 11.9. The Labute approximate surface area is 272 Å². The fourth-order valence-electron chi connectivity index (χ4n) is 6.99. The average Bonchev–Trinajstić information content (AvgIpc) is 3.67. The highest BCUT2D eigenvalue weighted by atomic mass is 16.3. The van der Waals surface area contributed by atoms with E-state index in [1.54, 1.807) is 0 Å². The van der Waals surface area contributed by atoms with E-state index in [0.29, 0.717) is 18.2 Å². The highest BCUT2D eigenvalue weighted by Gasteiger charge is 2.22. The van der Waals surface area contributed by atoms with E-state index in [1.807, 2.05) is 72.8 Å². The molecule has 0 amide bonds. The number of hydrogen-bond donors (Lipinski definition) is 1. The van der Waals surface area contributed by atoms with Crippen molar-refractivity contribution in [1.29, 1.82) is 0 Å². The van der Waals surface area contributed by atoms with Crippen LogP contribution in [0, 0.1) is 0 Å². The van der Waals surface area contributed by atoms with Crippen molar-refractivity contribution in [2.45, 2.75) is 6.54 Å². The smallest absolute Gasteiger partial charge is 0.157 e. The lowest BCUT2D eigenvalue weighted by Crippen LogP contribution is -2.16. The number of nitrogens with two attached hydrogens (primary N) is 1. The van der Waals surface area contributed by atoms with Gasteiger partial charge >= 0.3 is 0 Å². The largest absolute Gasteiger partial charge is 0.456 e. The van der Waals surface area contributed by atoms with Crippen molar-refractivity contribution in [2.24, 2.45) is 15.7 Å². The van der Waals surface area contributed by atoms with Gasteiger partial charge in [-0.3, -0.25) is 4.99 Å². The molecular formula is C43H29N3O. The van der Waals surface area contributed by atoms with Crippen molar-refractivity contribution in [3.63, 3.8) is 0 Å². The zero-order valence-electron chi connectivity index (χ0n) is 25.5. The maximum absolute atomic E-state index is 6.46. The number of aliphatic imine (C=N–C) groups is 2. The Morgan fingerprint density at radius 2 is 1.17 bits per heavy atom. The first-order valence-electron chi connectivity index (χ1n) is 15.8. The fraction of sp³-hybridized carbons (Fsp3) is 0.0233. The molecule has 0 fully saturated rings. The van der Waals surface area contributed by atoms with Gasteiger partial charge in [-0.05, 0) is 67.9 Å². The predicted molar refractivity (Wildman–Crippen MR) is 195 cm³/mol. The Kier molecular flexibility index (Phi) is 6.32. The van der Waals surface area contributed by atoms with Gasteiger partial charge < -0.3 is 10.2 Å². The van der Waals surface area contributed by atoms with Crippen LogP contribution in [0.2, 0.25) is 0 Å². The molecule has 2 N–H and O–H groups in total. The Morgan fingerprint density at radius 1 is 0.511 bits per heavy atom. The molecule has 222 valence electrons. The first kappa shape index (κ1) is 27.1. The van der Waals surface area contributed by atoms with Crippen molar-refractivity contribution < 1.29 is 4.42 Å². The normalized spacial score (nSPS) is 12.7. The van der Waals surface area contributed by atoms with E-state index in [2.05, 4.69) is 78.9 Å². The van der Waals surface area contributed by atoms with Crippen molar-refractivity contribution in [3.05, 3.63) is 168 Å². The zero-order valence-corrected chi connectivity index (χ0v) is 25.5. The monoisotopic (exact) mass is 603 g/mol. The van der Waals surface area contributed by atoms with Gasteiger partial charge in [0.25, 0.3) is 0 Å². The lowest BCUT2D eigenvalue weighted by molar-refractivity contribution is 0.668. The number of nitrogens with zero attached hydrogens (tertiary/aromatic N) is 2. The molecule has 0 unspecified atom stereocenters. The van der Waals surface area contributed by atoms with Gasteiger partial charge in [0.15, 0.2) is 5.84 Å². The van der Waals surface area contributed by atoms with Gasteiger partial charge in [-0.2, -0.15) is 0 Å². The summed E-state index contributed by atoms with van der Waals surface area (Å²) in [6.07, 6.45) is 0. The Bertz CT molecular complexity index is 2510. The molecule has 1 aliphatic rings. The molecule has 0 aliphatic heterocycles. The second kappa shape index (κ2) is 11.0. The summed E-state index contributed by atoms with van der Waals surface area (Å²) in [5.74, 6) is 1.02. The van der Waals surface area contributed by atoms with Gasteiger partial charge in [0.1, 0.15) is 17.0 Å². The Hall–Kier alpha value is -6.26. The van der Waals surface area contributed by atoms with Gasteiger partial charge in [0.2, 0.25) is 0 Å². The van der Waals surface area contributed by atoms with Crippen LogP contribution in [0.5, 0.6) is 0 Å². The molecular weight excluding hydrogens is 574 g/mol. The zero-order chi connectivity index (χ0) is 31.3. The first-order chi connectivity index (χ1) is 23.2. The molecule has 9 rings (SSSR count). The van der Waals surface area contributed by atoms with Crippen molar-refractivity contribution in [2.75, 3.05) is 0 Å². The highest BCUT2D eigenvalue weighted by Crippen LogP contribution is 2.49. The van der Waals surface area contributed by atoms with Crippen LogP contribution in [0.4, 0.5) is 0 Å². The third-order valence-corrected chi connectivity index (χ3v) is 9.17. The van der Waals surface area contributed by atoms with Crippen LogP contribution in [-0.2, 0) is 6.54 Å². The predicted octanol–water partition coefficient (Wildman–Crippen LogP) is 10.4. The molecule has 0 radical (unpaired) electrons. The summed E-state index contributed by atoms with van der Waals surface area (Å²) in [5, 5.41) is 4.72. The van der Waals surface area contributed by atoms with Gasteiger partial charge in [-0.15, -0.1) is 0 Å². The van der Waals surface area contributed by atoms with Gasteiger partial charge in [0, 0.05) is 21.9 Å². The molecule has 7 aromatic carbocycles. The van der Waals surface area contributed by atoms with Crippen molar-refractivity contribution >= 4 is 44.4 Å². The lowest BCUT2D eigenvalue weighted by atomic mass is 9.93. The minimum atomic E-state index is 0.422. The van der Waals surface area contributed by atoms with Crippen LogP contribution in [0.3, 0.4) is 0 Å². The lowest BCUT2D eigenvalue weighted by Gasteiger charge is -2.10. The van der Waals surface area contributed by atoms with Crippen LogP contribution in [0.25, 0.3) is 66.1 Å². The first-order valence-corrected chi connectivity index (χ1v) is 15.8. The number of hydrogen-bond acceptors (Lipinski definition) is 2. The third-order valence-electron chi connectivity index (χ3n) is 9.17. The quantitative estimate of drug-likeness (QED) is 0.157. The number of rotatable bonds is 5. The summed E-state index contributed by atoms with van der Waals surface area (Å²) in [6, 6.07) is 52.4. The summed E-state index contributed by atoms with van der Waals surface area (Å²) in [6.45, 7) is 0.422. The summed E-state index contributed by atoms with van der Waals surface area (Å²) in [7, 11) is 0. The number of benzene rings is 7. The number of furan rings is 1. The van der Waals surface area contributed by atoms with Gasteiger partial charge in [0.05, 0.1) is 6.54 Å². The molecule has 0 spiro atoms. The van der Waals surface area contributed by atoms with Gasteiger partial charge in [-0.1, -0.05) is 133 Å². The van der Waals surface area contributed by atoms with Crippen LogP contribution in [0.15, 0.2) is 166 Å². The van der Waals surface area contributed by atoms with E-state index in [-0.39, 0.29) is 0 Å². The third kappa shape index (κ3) is 4.53. The molecule has 1 aromatic heterocycles. The summed E-state index contributed by atoms with van der Waals surface area (Å²) in [5.41, 5.74) is 18.6. The Morgan fingerprint density at radius 3 is 1.96 bits per heavy atom. The van der Waals surface area contributed by atoms with Crippen molar-refractivity contribution in [3.8, 4) is 33.4 Å². The minimum Gasteiger partial charge on any atom is -0.456 e. The van der Waals surface area contributed by atoms with E-state index < -0.39 is 0 Å². The SMILES string of the molecule is NC(=NC(=NCc1cccc2oc3ccc(-c4ccc5c6c(cccc46)-c4ccccc4-5)cc3c12)c1ccccc1)c1ccccc1. The van der Waals surface area contributed by atoms with Gasteiger partial charge in [-0.25, -0.2) is 4.99 Å². The summed E-state index contributed by atoms with van der Waals surface area (Å²) in [4.78, 5) is 9.84. The minimum absolute atomic E-state index is 0.422. The van der Waals surface area contributed by atoms with E-state index in [1.165, 1.54) is 38.6 Å². The fourth-order valence-corrected chi connectivity index (χ4v) is 6.99. The van der Waals surface area contributed by atoms with E-state index in [0.717, 1.165) is 44.2 Å². The van der Waals surface area contributed by atoms with E-state index in [4.69, 9.17) is 20.1 Å². The molecule has 4 heteroatoms.